The molecule has 4 heteroatoms. The normalized spacial score (nSPS) is 17.0. The van der Waals surface area contributed by atoms with Crippen molar-refractivity contribution in [3.8, 4) is 0 Å². The first-order chi connectivity index (χ1) is 8.79. The number of nitrogens with zero attached hydrogens (tertiary/aromatic N) is 1. The molecular weight excluding hydrogens is 233 g/mol. The van der Waals surface area contributed by atoms with E-state index in [0.29, 0.717) is 13.0 Å². The molecule has 0 bridgehead atoms. The maximum atomic E-state index is 13.9. The topological polar surface area (TPSA) is 32.7 Å². The van der Waals surface area contributed by atoms with Crippen LogP contribution in [-0.4, -0.2) is 42.9 Å². The van der Waals surface area contributed by atoms with Gasteiger partial charge >= 0.3 is 0 Å². The second-order valence-electron chi connectivity index (χ2n) is 4.64. The van der Waals surface area contributed by atoms with Crippen LogP contribution in [-0.2, 0) is 17.7 Å². The molecule has 0 amide bonds. The number of ether oxygens (including phenoxy) is 1. The van der Waals surface area contributed by atoms with Gasteiger partial charge in [0.2, 0.25) is 0 Å². The molecule has 1 fully saturated rings. The molecule has 0 radical (unpaired) electrons. The monoisotopic (exact) mass is 253 g/mol. The predicted octanol–water partition coefficient (Wildman–Crippen LogP) is 1.58. The van der Waals surface area contributed by atoms with Crippen molar-refractivity contribution in [2.75, 3.05) is 32.9 Å². The van der Waals surface area contributed by atoms with Crippen LogP contribution in [0.4, 0.5) is 4.39 Å². The highest BCUT2D eigenvalue weighted by Gasteiger charge is 2.13. The molecule has 1 aliphatic rings. The molecule has 0 atom stereocenters. The Balaban J connectivity index is 1.95. The minimum atomic E-state index is -0.142. The van der Waals surface area contributed by atoms with E-state index in [4.69, 9.17) is 9.84 Å². The van der Waals surface area contributed by atoms with E-state index in [1.54, 1.807) is 6.07 Å². The fourth-order valence-electron chi connectivity index (χ4n) is 2.16. The SMILES string of the molecule is OCCCc1ccc(CN2CCOCC2)c(F)c1. The Kier molecular flexibility index (Phi) is 5.11. The minimum Gasteiger partial charge on any atom is -0.396 e. The number of morpholine rings is 1. The van der Waals surface area contributed by atoms with Crippen LogP contribution < -0.4 is 0 Å². The highest BCUT2D eigenvalue weighted by molar-refractivity contribution is 5.24. The number of aryl methyl sites for hydroxylation is 1. The molecule has 100 valence electrons. The van der Waals surface area contributed by atoms with Crippen molar-refractivity contribution in [1.29, 1.82) is 0 Å². The van der Waals surface area contributed by atoms with E-state index in [9.17, 15) is 4.39 Å². The van der Waals surface area contributed by atoms with E-state index in [0.717, 1.165) is 43.9 Å². The fourth-order valence-corrected chi connectivity index (χ4v) is 2.16. The predicted molar refractivity (Wildman–Crippen MR) is 67.9 cm³/mol. The third-order valence-corrected chi connectivity index (χ3v) is 3.24. The van der Waals surface area contributed by atoms with Gasteiger partial charge in [-0.15, -0.1) is 0 Å². The molecule has 0 aromatic heterocycles. The van der Waals surface area contributed by atoms with E-state index in [2.05, 4.69) is 4.90 Å². The summed E-state index contributed by atoms with van der Waals surface area (Å²) in [5.41, 5.74) is 1.69. The summed E-state index contributed by atoms with van der Waals surface area (Å²) in [4.78, 5) is 2.20. The van der Waals surface area contributed by atoms with Gasteiger partial charge in [0.15, 0.2) is 0 Å². The number of hydrogen-bond acceptors (Lipinski definition) is 3. The summed E-state index contributed by atoms with van der Waals surface area (Å²) in [6, 6.07) is 5.40. The van der Waals surface area contributed by atoms with Crippen LogP contribution in [0, 0.1) is 5.82 Å². The van der Waals surface area contributed by atoms with E-state index in [1.165, 1.54) is 0 Å². The molecule has 1 aromatic carbocycles. The zero-order valence-electron chi connectivity index (χ0n) is 10.6. The molecule has 1 saturated heterocycles. The van der Waals surface area contributed by atoms with Gasteiger partial charge in [0.1, 0.15) is 5.82 Å². The maximum Gasteiger partial charge on any atom is 0.127 e. The molecule has 18 heavy (non-hydrogen) atoms. The Morgan fingerprint density at radius 3 is 2.72 bits per heavy atom. The Hall–Kier alpha value is -0.970. The van der Waals surface area contributed by atoms with Crippen LogP contribution in [0.5, 0.6) is 0 Å². The lowest BCUT2D eigenvalue weighted by Gasteiger charge is -2.26. The third kappa shape index (κ3) is 3.77. The van der Waals surface area contributed by atoms with E-state index in [-0.39, 0.29) is 12.4 Å². The Bertz CT molecular complexity index is 378. The van der Waals surface area contributed by atoms with Crippen molar-refractivity contribution < 1.29 is 14.2 Å². The second kappa shape index (κ2) is 6.83. The molecule has 0 saturated carbocycles. The lowest BCUT2D eigenvalue weighted by molar-refractivity contribution is 0.0337. The van der Waals surface area contributed by atoms with Crippen LogP contribution in [0.3, 0.4) is 0 Å². The smallest absolute Gasteiger partial charge is 0.127 e. The first-order valence-corrected chi connectivity index (χ1v) is 6.48. The summed E-state index contributed by atoms with van der Waals surface area (Å²) in [5, 5.41) is 8.76. The van der Waals surface area contributed by atoms with E-state index < -0.39 is 0 Å². The number of aliphatic hydroxyl groups excluding tert-OH is 1. The molecule has 1 N–H and O–H groups in total. The molecule has 1 heterocycles. The van der Waals surface area contributed by atoms with Gasteiger partial charge in [-0.2, -0.15) is 0 Å². The van der Waals surface area contributed by atoms with Gasteiger partial charge in [0.25, 0.3) is 0 Å². The van der Waals surface area contributed by atoms with Crippen molar-refractivity contribution in [1.82, 2.24) is 4.90 Å². The van der Waals surface area contributed by atoms with Gasteiger partial charge in [0, 0.05) is 31.8 Å². The van der Waals surface area contributed by atoms with Crippen molar-refractivity contribution in [3.63, 3.8) is 0 Å². The maximum absolute atomic E-state index is 13.9. The molecule has 0 unspecified atom stereocenters. The van der Waals surface area contributed by atoms with Crippen LogP contribution in [0.15, 0.2) is 18.2 Å². The number of benzene rings is 1. The zero-order valence-corrected chi connectivity index (χ0v) is 10.6. The summed E-state index contributed by atoms with van der Waals surface area (Å²) in [5.74, 6) is -0.142. The molecule has 0 aliphatic carbocycles. The van der Waals surface area contributed by atoms with Crippen molar-refractivity contribution >= 4 is 0 Å². The van der Waals surface area contributed by atoms with Gasteiger partial charge in [-0.05, 0) is 24.5 Å². The zero-order chi connectivity index (χ0) is 12.8. The van der Waals surface area contributed by atoms with Crippen LogP contribution in [0.1, 0.15) is 17.5 Å². The van der Waals surface area contributed by atoms with Crippen LogP contribution in [0.2, 0.25) is 0 Å². The number of halogens is 1. The number of aliphatic hydroxyl groups is 1. The molecule has 1 aliphatic heterocycles. The van der Waals surface area contributed by atoms with Crippen molar-refractivity contribution in [2.45, 2.75) is 19.4 Å². The molecule has 3 nitrogen and oxygen atoms in total. The average molecular weight is 253 g/mol. The molecule has 1 aromatic rings. The van der Waals surface area contributed by atoms with Crippen molar-refractivity contribution in [2.24, 2.45) is 0 Å². The Morgan fingerprint density at radius 2 is 2.06 bits per heavy atom. The van der Waals surface area contributed by atoms with Gasteiger partial charge in [-0.25, -0.2) is 4.39 Å². The minimum absolute atomic E-state index is 0.142. The molecule has 0 spiro atoms. The number of rotatable bonds is 5. The van der Waals surface area contributed by atoms with Crippen LogP contribution in [0.25, 0.3) is 0 Å². The Labute approximate surface area is 107 Å². The summed E-state index contributed by atoms with van der Waals surface area (Å²) in [6.07, 6.45) is 1.41. The van der Waals surface area contributed by atoms with E-state index >= 15 is 0 Å². The summed E-state index contributed by atoms with van der Waals surface area (Å²) in [6.45, 7) is 4.00. The van der Waals surface area contributed by atoms with E-state index in [1.807, 2.05) is 12.1 Å². The van der Waals surface area contributed by atoms with Crippen molar-refractivity contribution in [3.05, 3.63) is 35.1 Å². The first kappa shape index (κ1) is 13.5. The van der Waals surface area contributed by atoms with Gasteiger partial charge in [0.05, 0.1) is 13.2 Å². The highest BCUT2D eigenvalue weighted by Crippen LogP contribution is 2.15. The standard InChI is InChI=1S/C14H20FNO2/c15-14-10-12(2-1-7-17)3-4-13(14)11-16-5-8-18-9-6-16/h3-4,10,17H,1-2,5-9,11H2. The fraction of sp³-hybridized carbons (Fsp3) is 0.571. The summed E-state index contributed by atoms with van der Waals surface area (Å²) >= 11 is 0. The lowest BCUT2D eigenvalue weighted by atomic mass is 10.1. The molecule has 2 rings (SSSR count). The first-order valence-electron chi connectivity index (χ1n) is 6.48. The molecular formula is C14H20FNO2. The highest BCUT2D eigenvalue weighted by atomic mass is 19.1. The van der Waals surface area contributed by atoms with Gasteiger partial charge in [-0.3, -0.25) is 4.90 Å². The van der Waals surface area contributed by atoms with Gasteiger partial charge < -0.3 is 9.84 Å². The largest absolute Gasteiger partial charge is 0.396 e. The lowest BCUT2D eigenvalue weighted by Crippen LogP contribution is -2.35. The quantitative estimate of drug-likeness (QED) is 0.865. The van der Waals surface area contributed by atoms with Gasteiger partial charge in [-0.1, -0.05) is 12.1 Å². The summed E-state index contributed by atoms with van der Waals surface area (Å²) in [7, 11) is 0. The third-order valence-electron chi connectivity index (χ3n) is 3.24. The number of hydrogen-bond donors (Lipinski definition) is 1. The second-order valence-corrected chi connectivity index (χ2v) is 4.64. The Morgan fingerprint density at radius 1 is 1.28 bits per heavy atom. The summed E-state index contributed by atoms with van der Waals surface area (Å²) < 4.78 is 19.2. The average Bonchev–Trinajstić information content (AvgIpc) is 2.40. The van der Waals surface area contributed by atoms with Crippen LogP contribution >= 0.6 is 0 Å².